The van der Waals surface area contributed by atoms with Gasteiger partial charge in [0.25, 0.3) is 0 Å². The highest BCUT2D eigenvalue weighted by Gasteiger charge is 2.15. The van der Waals surface area contributed by atoms with Crippen LogP contribution in [0, 0.1) is 0 Å². The highest BCUT2D eigenvalue weighted by Crippen LogP contribution is 2.09. The third-order valence-corrected chi connectivity index (χ3v) is 2.98. The van der Waals surface area contributed by atoms with Crippen molar-refractivity contribution in [1.82, 2.24) is 4.90 Å². The minimum Gasteiger partial charge on any atom is -0.390 e. The number of para-hydroxylation sites is 1. The van der Waals surface area contributed by atoms with Crippen molar-refractivity contribution < 1.29 is 5.11 Å². The molecule has 1 unspecified atom stereocenters. The van der Waals surface area contributed by atoms with Crippen LogP contribution in [0.5, 0.6) is 0 Å². The second-order valence-electron chi connectivity index (χ2n) is 4.41. The summed E-state index contributed by atoms with van der Waals surface area (Å²) in [5, 5.41) is 13.1. The molecule has 16 heavy (non-hydrogen) atoms. The van der Waals surface area contributed by atoms with Crippen LogP contribution >= 0.6 is 0 Å². The van der Waals surface area contributed by atoms with Gasteiger partial charge in [-0.15, -0.1) is 0 Å². The molecule has 1 fully saturated rings. The summed E-state index contributed by atoms with van der Waals surface area (Å²) >= 11 is 0. The Hall–Kier alpha value is -1.06. The topological polar surface area (TPSA) is 35.5 Å². The maximum Gasteiger partial charge on any atom is 0.0839 e. The van der Waals surface area contributed by atoms with Gasteiger partial charge in [-0.3, -0.25) is 0 Å². The van der Waals surface area contributed by atoms with Crippen molar-refractivity contribution in [2.24, 2.45) is 0 Å². The van der Waals surface area contributed by atoms with Gasteiger partial charge in [-0.25, -0.2) is 0 Å². The van der Waals surface area contributed by atoms with Gasteiger partial charge < -0.3 is 15.3 Å². The van der Waals surface area contributed by atoms with Crippen LogP contribution in [-0.2, 0) is 0 Å². The number of hydrogen-bond donors (Lipinski definition) is 2. The van der Waals surface area contributed by atoms with E-state index in [1.54, 1.807) is 0 Å². The van der Waals surface area contributed by atoms with Gasteiger partial charge in [-0.05, 0) is 38.1 Å². The second kappa shape index (κ2) is 5.87. The fraction of sp³-hybridized carbons (Fsp3) is 0.538. The fourth-order valence-corrected chi connectivity index (χ4v) is 2.12. The van der Waals surface area contributed by atoms with Gasteiger partial charge in [0, 0.05) is 18.8 Å². The molecule has 0 amide bonds. The van der Waals surface area contributed by atoms with Crippen LogP contribution in [0.4, 0.5) is 5.69 Å². The van der Waals surface area contributed by atoms with Gasteiger partial charge in [0.1, 0.15) is 0 Å². The Morgan fingerprint density at radius 1 is 1.19 bits per heavy atom. The molecule has 3 heteroatoms. The van der Waals surface area contributed by atoms with Crippen LogP contribution in [0.3, 0.4) is 0 Å². The van der Waals surface area contributed by atoms with Crippen LogP contribution in [0.25, 0.3) is 0 Å². The minimum atomic E-state index is -0.279. The van der Waals surface area contributed by atoms with Gasteiger partial charge in [0.2, 0.25) is 0 Å². The number of hydrogen-bond acceptors (Lipinski definition) is 3. The molecule has 0 aliphatic carbocycles. The summed E-state index contributed by atoms with van der Waals surface area (Å²) in [4.78, 5) is 2.33. The maximum atomic E-state index is 9.87. The molecule has 0 saturated carbocycles. The molecule has 1 atom stereocenters. The van der Waals surface area contributed by atoms with E-state index in [2.05, 4.69) is 10.2 Å². The average Bonchev–Trinajstić information content (AvgIpc) is 2.81. The van der Waals surface area contributed by atoms with Crippen LogP contribution in [0.15, 0.2) is 30.3 Å². The first-order valence-electron chi connectivity index (χ1n) is 6.04. The van der Waals surface area contributed by atoms with Crippen molar-refractivity contribution in [3.05, 3.63) is 30.3 Å². The zero-order chi connectivity index (χ0) is 11.2. The number of β-amino-alcohol motifs (C(OH)–C–C–N with tert-alkyl or cyclic N) is 1. The molecule has 1 saturated heterocycles. The number of likely N-dealkylation sites (tertiary alicyclic amines) is 1. The highest BCUT2D eigenvalue weighted by atomic mass is 16.3. The van der Waals surface area contributed by atoms with Crippen molar-refractivity contribution in [2.45, 2.75) is 18.9 Å². The van der Waals surface area contributed by atoms with Crippen LogP contribution in [-0.4, -0.2) is 42.3 Å². The third-order valence-electron chi connectivity index (χ3n) is 2.98. The first-order valence-corrected chi connectivity index (χ1v) is 6.04. The lowest BCUT2D eigenvalue weighted by molar-refractivity contribution is 0.135. The number of anilines is 1. The number of rotatable bonds is 5. The summed E-state index contributed by atoms with van der Waals surface area (Å²) in [6.45, 7) is 3.70. The van der Waals surface area contributed by atoms with Crippen molar-refractivity contribution in [3.8, 4) is 0 Å². The van der Waals surface area contributed by atoms with E-state index in [4.69, 9.17) is 0 Å². The summed E-state index contributed by atoms with van der Waals surface area (Å²) in [7, 11) is 0. The van der Waals surface area contributed by atoms with Crippen molar-refractivity contribution in [1.29, 1.82) is 0 Å². The van der Waals surface area contributed by atoms with Gasteiger partial charge in [0.05, 0.1) is 6.10 Å². The molecule has 3 nitrogen and oxygen atoms in total. The first kappa shape index (κ1) is 11.4. The fourth-order valence-electron chi connectivity index (χ4n) is 2.12. The minimum absolute atomic E-state index is 0.279. The number of aliphatic hydroxyl groups excluding tert-OH is 1. The van der Waals surface area contributed by atoms with E-state index < -0.39 is 0 Å². The summed E-state index contributed by atoms with van der Waals surface area (Å²) in [5.74, 6) is 0. The van der Waals surface area contributed by atoms with E-state index >= 15 is 0 Å². The number of nitrogens with zero attached hydrogens (tertiary/aromatic N) is 1. The van der Waals surface area contributed by atoms with Crippen molar-refractivity contribution >= 4 is 5.69 Å². The smallest absolute Gasteiger partial charge is 0.0839 e. The molecular weight excluding hydrogens is 200 g/mol. The monoisotopic (exact) mass is 220 g/mol. The number of nitrogens with one attached hydrogen (secondary N) is 1. The number of benzene rings is 1. The van der Waals surface area contributed by atoms with E-state index in [1.807, 2.05) is 30.3 Å². The summed E-state index contributed by atoms with van der Waals surface area (Å²) < 4.78 is 0. The predicted molar refractivity (Wildman–Crippen MR) is 66.6 cm³/mol. The van der Waals surface area contributed by atoms with Crippen LogP contribution in [0.2, 0.25) is 0 Å². The largest absolute Gasteiger partial charge is 0.390 e. The summed E-state index contributed by atoms with van der Waals surface area (Å²) in [6, 6.07) is 10.0. The molecule has 0 aromatic heterocycles. The molecule has 1 aromatic carbocycles. The molecule has 2 rings (SSSR count). The second-order valence-corrected chi connectivity index (χ2v) is 4.41. The van der Waals surface area contributed by atoms with Crippen molar-refractivity contribution in [2.75, 3.05) is 31.5 Å². The van der Waals surface area contributed by atoms with E-state index in [0.717, 1.165) is 25.3 Å². The molecular formula is C13H20N2O. The lowest BCUT2D eigenvalue weighted by Gasteiger charge is -2.19. The molecule has 1 aliphatic heterocycles. The molecule has 2 N–H and O–H groups in total. The van der Waals surface area contributed by atoms with Crippen molar-refractivity contribution in [3.63, 3.8) is 0 Å². The molecule has 0 radical (unpaired) electrons. The Morgan fingerprint density at radius 3 is 2.56 bits per heavy atom. The Morgan fingerprint density at radius 2 is 1.88 bits per heavy atom. The Balaban J connectivity index is 1.69. The van der Waals surface area contributed by atoms with Gasteiger partial charge in [-0.2, -0.15) is 0 Å². The summed E-state index contributed by atoms with van der Waals surface area (Å²) in [6.07, 6.45) is 2.27. The zero-order valence-corrected chi connectivity index (χ0v) is 9.60. The Bertz CT molecular complexity index is 296. The van der Waals surface area contributed by atoms with Crippen LogP contribution in [0.1, 0.15) is 12.8 Å². The summed E-state index contributed by atoms with van der Waals surface area (Å²) in [5.41, 5.74) is 1.07. The molecule has 0 bridgehead atoms. The normalized spacial score (nSPS) is 18.6. The number of aliphatic hydroxyl groups is 1. The molecule has 1 aliphatic rings. The predicted octanol–water partition coefficient (Wildman–Crippen LogP) is 1.56. The quantitative estimate of drug-likeness (QED) is 0.790. The average molecular weight is 220 g/mol. The zero-order valence-electron chi connectivity index (χ0n) is 9.60. The molecule has 88 valence electrons. The van der Waals surface area contributed by atoms with Gasteiger partial charge in [-0.1, -0.05) is 18.2 Å². The Labute approximate surface area is 97.1 Å². The molecule has 1 aromatic rings. The lowest BCUT2D eigenvalue weighted by atomic mass is 10.3. The van der Waals surface area contributed by atoms with Gasteiger partial charge in [0.15, 0.2) is 0 Å². The first-order chi connectivity index (χ1) is 7.84. The van der Waals surface area contributed by atoms with Crippen LogP contribution < -0.4 is 5.32 Å². The van der Waals surface area contributed by atoms with E-state index in [-0.39, 0.29) is 6.10 Å². The third kappa shape index (κ3) is 3.51. The van der Waals surface area contributed by atoms with E-state index in [0.29, 0.717) is 6.54 Å². The van der Waals surface area contributed by atoms with E-state index in [9.17, 15) is 5.11 Å². The maximum absolute atomic E-state index is 9.87. The molecule has 1 heterocycles. The lowest BCUT2D eigenvalue weighted by Crippen LogP contribution is -2.34. The highest BCUT2D eigenvalue weighted by molar-refractivity contribution is 5.42. The SMILES string of the molecule is OC(CNc1ccccc1)CN1CCCC1. The Kier molecular flexibility index (Phi) is 4.19. The van der Waals surface area contributed by atoms with Gasteiger partial charge >= 0.3 is 0 Å². The standard InChI is InChI=1S/C13H20N2O/c16-13(11-15-8-4-5-9-15)10-14-12-6-2-1-3-7-12/h1-3,6-7,13-14,16H,4-5,8-11H2. The molecule has 0 spiro atoms. The van der Waals surface area contributed by atoms with E-state index in [1.165, 1.54) is 12.8 Å².